The number of hydrogen-bond donors (Lipinski definition) is 0. The molecule has 3 heterocycles. The molecule has 1 nitrogen and oxygen atoms in total. The van der Waals surface area contributed by atoms with Gasteiger partial charge in [-0.25, -0.2) is 0 Å². The Morgan fingerprint density at radius 2 is 0.750 bits per heavy atom. The molecule has 0 amide bonds. The highest BCUT2D eigenvalue weighted by Crippen LogP contribution is 2.43. The van der Waals surface area contributed by atoms with Crippen LogP contribution in [0.5, 0.6) is 0 Å². The second-order valence-corrected chi connectivity index (χ2v) is 17.8. The zero-order valence-electron chi connectivity index (χ0n) is 30.1. The van der Waals surface area contributed by atoms with Gasteiger partial charge in [0.2, 0.25) is 0 Å². The maximum absolute atomic E-state index is 2.42. The van der Waals surface area contributed by atoms with Crippen molar-refractivity contribution in [2.24, 2.45) is 0 Å². The second kappa shape index (κ2) is 12.6. The molecule has 0 unspecified atom stereocenters. The zero-order valence-corrected chi connectivity index (χ0v) is 32.5. The Kier molecular flexibility index (Phi) is 7.21. The molecule has 0 atom stereocenters. The second-order valence-electron chi connectivity index (χ2n) is 14.6. The van der Waals surface area contributed by atoms with Crippen LogP contribution in [0.4, 0.5) is 17.1 Å². The molecule has 0 saturated heterocycles. The van der Waals surface area contributed by atoms with Gasteiger partial charge in [0.05, 0.1) is 0 Å². The molecular weight excluding hydrogens is 735 g/mol. The number of fused-ring (bicyclic) bond motifs is 9. The number of anilines is 3. The lowest BCUT2D eigenvalue weighted by molar-refractivity contribution is 1.29. The fourth-order valence-corrected chi connectivity index (χ4v) is 11.7. The minimum Gasteiger partial charge on any atom is -0.310 e. The molecule has 262 valence electrons. The van der Waals surface area contributed by atoms with Crippen LogP contribution in [0.2, 0.25) is 0 Å². The van der Waals surface area contributed by atoms with Crippen molar-refractivity contribution in [1.82, 2.24) is 0 Å². The van der Waals surface area contributed by atoms with Crippen molar-refractivity contribution < 1.29 is 0 Å². The summed E-state index contributed by atoms with van der Waals surface area (Å²) in [7, 11) is 0. The Morgan fingerprint density at radius 3 is 1.32 bits per heavy atom. The summed E-state index contributed by atoms with van der Waals surface area (Å²) in [4.78, 5) is 3.72. The third-order valence-corrected chi connectivity index (χ3v) is 14.6. The standard InChI is InChI=1S/C52H31NS3/c1-4-10-47-37(7-1)31-50(54-47)34-15-13-32(14-16-34)33-17-21-40(22-18-33)53(41-23-19-35-29-51-45(27-38(35)25-41)43-8-2-5-11-48(43)55-51)42-24-20-36-30-52-46(28-39(36)26-42)44-9-3-6-12-49(44)56-52/h1-31H. The molecule has 0 aliphatic carbocycles. The number of hydrogen-bond acceptors (Lipinski definition) is 4. The number of benzene rings is 9. The lowest BCUT2D eigenvalue weighted by Gasteiger charge is -2.26. The van der Waals surface area contributed by atoms with Gasteiger partial charge in [-0.1, -0.05) is 103 Å². The third kappa shape index (κ3) is 5.25. The Balaban J connectivity index is 0.972. The van der Waals surface area contributed by atoms with Gasteiger partial charge in [-0.3, -0.25) is 0 Å². The van der Waals surface area contributed by atoms with E-state index in [9.17, 15) is 0 Å². The molecular formula is C52H31NS3. The van der Waals surface area contributed by atoms with Crippen molar-refractivity contribution in [3.05, 3.63) is 188 Å². The molecule has 0 fully saturated rings. The van der Waals surface area contributed by atoms with Crippen LogP contribution in [0.1, 0.15) is 0 Å². The minimum atomic E-state index is 1.12. The quantitative estimate of drug-likeness (QED) is 0.169. The largest absolute Gasteiger partial charge is 0.310 e. The average Bonchev–Trinajstić information content (AvgIpc) is 3.95. The van der Waals surface area contributed by atoms with Gasteiger partial charge in [-0.05, 0) is 129 Å². The first-order valence-corrected chi connectivity index (χ1v) is 21.3. The first-order chi connectivity index (χ1) is 27.7. The van der Waals surface area contributed by atoms with Crippen LogP contribution in [0.15, 0.2) is 188 Å². The summed E-state index contributed by atoms with van der Waals surface area (Å²) in [5, 5.41) is 11.6. The Bertz CT molecular complexity index is 3290. The monoisotopic (exact) mass is 765 g/mol. The highest BCUT2D eigenvalue weighted by atomic mass is 32.1. The zero-order chi connectivity index (χ0) is 36.7. The van der Waals surface area contributed by atoms with Gasteiger partial charge in [-0.15, -0.1) is 34.0 Å². The highest BCUT2D eigenvalue weighted by Gasteiger charge is 2.17. The van der Waals surface area contributed by atoms with Gasteiger partial charge in [0.15, 0.2) is 0 Å². The first kappa shape index (κ1) is 32.0. The van der Waals surface area contributed by atoms with Gasteiger partial charge < -0.3 is 4.90 Å². The molecule has 0 aliphatic rings. The van der Waals surface area contributed by atoms with Crippen molar-refractivity contribution in [2.75, 3.05) is 4.90 Å². The van der Waals surface area contributed by atoms with Crippen LogP contribution < -0.4 is 4.90 Å². The molecule has 0 spiro atoms. The lowest BCUT2D eigenvalue weighted by Crippen LogP contribution is -2.09. The Hall–Kier alpha value is -6.30. The number of nitrogens with zero attached hydrogens (tertiary/aromatic N) is 1. The lowest BCUT2D eigenvalue weighted by atomic mass is 10.0. The molecule has 0 saturated carbocycles. The van der Waals surface area contributed by atoms with Crippen molar-refractivity contribution in [2.45, 2.75) is 0 Å². The molecule has 0 aliphatic heterocycles. The molecule has 0 bridgehead atoms. The Labute approximate surface area is 335 Å². The summed E-state index contributed by atoms with van der Waals surface area (Å²) in [6, 6.07) is 69.9. The average molecular weight is 766 g/mol. The van der Waals surface area contributed by atoms with Crippen molar-refractivity contribution in [1.29, 1.82) is 0 Å². The smallest absolute Gasteiger partial charge is 0.0468 e. The van der Waals surface area contributed by atoms with E-state index in [1.807, 2.05) is 34.0 Å². The van der Waals surface area contributed by atoms with E-state index in [1.54, 1.807) is 0 Å². The van der Waals surface area contributed by atoms with Crippen LogP contribution >= 0.6 is 34.0 Å². The molecule has 4 heteroatoms. The molecule has 9 aromatic carbocycles. The van der Waals surface area contributed by atoms with Gasteiger partial charge in [0.25, 0.3) is 0 Å². The number of rotatable bonds is 5. The first-order valence-electron chi connectivity index (χ1n) is 18.9. The van der Waals surface area contributed by atoms with E-state index in [-0.39, 0.29) is 0 Å². The molecule has 0 radical (unpaired) electrons. The van der Waals surface area contributed by atoms with Gasteiger partial charge >= 0.3 is 0 Å². The minimum absolute atomic E-state index is 1.12. The maximum Gasteiger partial charge on any atom is 0.0468 e. The van der Waals surface area contributed by atoms with Gasteiger partial charge in [0.1, 0.15) is 0 Å². The predicted molar refractivity (Wildman–Crippen MR) is 248 cm³/mol. The summed E-state index contributed by atoms with van der Waals surface area (Å²) in [6.07, 6.45) is 0. The number of thiophene rings is 3. The van der Waals surface area contributed by atoms with Crippen LogP contribution in [0.25, 0.3) is 93.5 Å². The summed E-state index contributed by atoms with van der Waals surface area (Å²) < 4.78 is 6.65. The fourth-order valence-electron chi connectivity index (χ4n) is 8.39. The van der Waals surface area contributed by atoms with Gasteiger partial charge in [0, 0.05) is 67.0 Å². The summed E-state index contributed by atoms with van der Waals surface area (Å²) in [5.74, 6) is 0. The summed E-state index contributed by atoms with van der Waals surface area (Å²) in [5.41, 5.74) is 7.07. The molecule has 12 rings (SSSR count). The molecule has 0 N–H and O–H groups in total. The van der Waals surface area contributed by atoms with Crippen molar-refractivity contribution >= 4 is 123 Å². The summed E-state index contributed by atoms with van der Waals surface area (Å²) >= 11 is 5.60. The van der Waals surface area contributed by atoms with Crippen molar-refractivity contribution in [3.8, 4) is 21.6 Å². The van der Waals surface area contributed by atoms with Crippen molar-refractivity contribution in [3.63, 3.8) is 0 Å². The molecule has 12 aromatic rings. The van der Waals surface area contributed by atoms with Crippen LogP contribution in [0, 0.1) is 0 Å². The van der Waals surface area contributed by atoms with E-state index in [0.717, 1.165) is 17.1 Å². The summed E-state index contributed by atoms with van der Waals surface area (Å²) in [6.45, 7) is 0. The van der Waals surface area contributed by atoms with Crippen LogP contribution in [-0.4, -0.2) is 0 Å². The fraction of sp³-hybridized carbons (Fsp3) is 0. The van der Waals surface area contributed by atoms with E-state index < -0.39 is 0 Å². The topological polar surface area (TPSA) is 3.24 Å². The van der Waals surface area contributed by atoms with Crippen LogP contribution in [-0.2, 0) is 0 Å². The van der Waals surface area contributed by atoms with E-state index in [4.69, 9.17) is 0 Å². The normalized spacial score (nSPS) is 11.9. The molecule has 3 aromatic heterocycles. The van der Waals surface area contributed by atoms with E-state index in [0.29, 0.717) is 0 Å². The van der Waals surface area contributed by atoms with Crippen LogP contribution in [0.3, 0.4) is 0 Å². The highest BCUT2D eigenvalue weighted by molar-refractivity contribution is 7.26. The Morgan fingerprint density at radius 1 is 0.268 bits per heavy atom. The van der Waals surface area contributed by atoms with E-state index >= 15 is 0 Å². The molecule has 56 heavy (non-hydrogen) atoms. The van der Waals surface area contributed by atoms with E-state index in [2.05, 4.69) is 193 Å². The van der Waals surface area contributed by atoms with Gasteiger partial charge in [-0.2, -0.15) is 0 Å². The SMILES string of the molecule is c1ccc2sc(-c3ccc(-c4ccc(N(c5ccc6cc7sc8ccccc8c7cc6c5)c5ccc6cc7sc8ccccc8c7cc6c5)cc4)cc3)cc2c1. The predicted octanol–water partition coefficient (Wildman–Crippen LogP) is 16.7. The van der Waals surface area contributed by atoms with E-state index in [1.165, 1.54) is 93.5 Å². The maximum atomic E-state index is 2.42. The third-order valence-electron chi connectivity index (χ3n) is 11.2.